The number of fused-ring (bicyclic) bond motifs is 2. The molecule has 3 aliphatic heterocycles. The fourth-order valence-electron chi connectivity index (χ4n) is 6.98. The predicted octanol–water partition coefficient (Wildman–Crippen LogP) is 6.67. The predicted molar refractivity (Wildman–Crippen MR) is 189 cm³/mol. The average Bonchev–Trinajstić information content (AvgIpc) is 3.73. The van der Waals surface area contributed by atoms with Gasteiger partial charge < -0.3 is 33.6 Å². The number of ether oxygens (including phenoxy) is 4. The van der Waals surface area contributed by atoms with Gasteiger partial charge in [0.1, 0.15) is 40.2 Å². The van der Waals surface area contributed by atoms with Crippen LogP contribution in [0.25, 0.3) is 21.8 Å². The van der Waals surface area contributed by atoms with Crippen LogP contribution in [0.2, 0.25) is 5.02 Å². The number of piperazine rings is 1. The molecule has 1 unspecified atom stereocenters. The Kier molecular flexibility index (Phi) is 9.80. The Bertz CT molecular complexity index is 1980. The van der Waals surface area contributed by atoms with E-state index in [1.165, 1.54) is 6.07 Å². The van der Waals surface area contributed by atoms with Crippen LogP contribution < -0.4 is 14.4 Å². The van der Waals surface area contributed by atoms with Gasteiger partial charge in [-0.2, -0.15) is 10.4 Å². The first-order valence-corrected chi connectivity index (χ1v) is 17.8. The zero-order valence-electron chi connectivity index (χ0n) is 29.3. The molecular weight excluding hydrogens is 679 g/mol. The number of amides is 1. The lowest BCUT2D eigenvalue weighted by Gasteiger charge is -2.37. The Morgan fingerprint density at radius 1 is 1.12 bits per heavy atom. The summed E-state index contributed by atoms with van der Waals surface area (Å²) in [5, 5.41) is 16.0. The number of hydrogen-bond donors (Lipinski definition) is 0. The van der Waals surface area contributed by atoms with Crippen molar-refractivity contribution >= 4 is 45.2 Å². The van der Waals surface area contributed by atoms with Crippen LogP contribution >= 0.6 is 11.6 Å². The molecule has 0 N–H and O–H groups in total. The molecular formula is C36H42ClFN8O5. The van der Waals surface area contributed by atoms with Crippen LogP contribution in [0.1, 0.15) is 64.7 Å². The van der Waals surface area contributed by atoms with Gasteiger partial charge in [-0.1, -0.05) is 11.6 Å². The van der Waals surface area contributed by atoms with Crippen molar-refractivity contribution in [2.24, 2.45) is 0 Å². The first kappa shape index (κ1) is 35.0. The Morgan fingerprint density at radius 3 is 2.61 bits per heavy atom. The lowest BCUT2D eigenvalue weighted by molar-refractivity contribution is -0.0367. The van der Waals surface area contributed by atoms with Gasteiger partial charge >= 0.3 is 6.09 Å². The summed E-state index contributed by atoms with van der Waals surface area (Å²) in [6, 6.07) is 5.62. The highest BCUT2D eigenvalue weighted by Gasteiger charge is 2.31. The summed E-state index contributed by atoms with van der Waals surface area (Å²) in [6.07, 6.45) is 7.13. The van der Waals surface area contributed by atoms with Crippen molar-refractivity contribution in [1.29, 1.82) is 5.26 Å². The molecule has 0 saturated carbocycles. The van der Waals surface area contributed by atoms with Gasteiger partial charge in [0.25, 0.3) is 0 Å². The Hall–Kier alpha value is -4.45. The molecule has 270 valence electrons. The SMILES string of the molecule is CN1CCC[C@H]1COc1nc2c(Oc3c(Cl)c(F)cc4c3cnn4C3CCCCO3)nccc2c(N2CCN(C(=O)OC(C)(C)C)CC2)c1C#N. The van der Waals surface area contributed by atoms with E-state index in [9.17, 15) is 10.1 Å². The normalized spacial score (nSPS) is 20.2. The van der Waals surface area contributed by atoms with Crippen LogP contribution in [-0.4, -0.2) is 100 Å². The highest BCUT2D eigenvalue weighted by molar-refractivity contribution is 6.33. The average molecular weight is 721 g/mol. The number of nitriles is 1. The summed E-state index contributed by atoms with van der Waals surface area (Å²) < 4.78 is 41.4. The van der Waals surface area contributed by atoms with Crippen molar-refractivity contribution in [3.63, 3.8) is 0 Å². The first-order valence-electron chi connectivity index (χ1n) is 17.5. The van der Waals surface area contributed by atoms with E-state index in [0.717, 1.165) is 38.6 Å². The number of likely N-dealkylation sites (N-methyl/N-ethyl adjacent to an activating group) is 1. The summed E-state index contributed by atoms with van der Waals surface area (Å²) in [5.41, 5.74) is 1.03. The lowest BCUT2D eigenvalue weighted by Crippen LogP contribution is -2.50. The molecule has 3 fully saturated rings. The van der Waals surface area contributed by atoms with Crippen molar-refractivity contribution < 1.29 is 28.1 Å². The summed E-state index contributed by atoms with van der Waals surface area (Å²) >= 11 is 6.58. The summed E-state index contributed by atoms with van der Waals surface area (Å²) in [6.45, 7) is 9.02. The number of benzene rings is 1. The van der Waals surface area contributed by atoms with E-state index in [1.807, 2.05) is 25.7 Å². The van der Waals surface area contributed by atoms with Crippen molar-refractivity contribution in [2.75, 3.05) is 57.9 Å². The van der Waals surface area contributed by atoms with Crippen molar-refractivity contribution in [3.05, 3.63) is 40.9 Å². The van der Waals surface area contributed by atoms with Crippen LogP contribution in [0, 0.1) is 17.1 Å². The fraction of sp³-hybridized carbons (Fsp3) is 0.528. The second kappa shape index (κ2) is 14.3. The number of pyridine rings is 2. The molecule has 13 nitrogen and oxygen atoms in total. The molecule has 6 heterocycles. The van der Waals surface area contributed by atoms with E-state index in [4.69, 9.17) is 35.5 Å². The summed E-state index contributed by atoms with van der Waals surface area (Å²) in [5.74, 6) is -0.429. The Labute approximate surface area is 300 Å². The van der Waals surface area contributed by atoms with Gasteiger partial charge in [-0.15, -0.1) is 0 Å². The number of anilines is 1. The summed E-state index contributed by atoms with van der Waals surface area (Å²) in [7, 11) is 2.05. The minimum Gasteiger partial charge on any atom is -0.475 e. The molecule has 0 radical (unpaired) electrons. The molecule has 1 amide bonds. The molecule has 1 aromatic carbocycles. The van der Waals surface area contributed by atoms with Crippen LogP contribution in [0.4, 0.5) is 14.9 Å². The minimum absolute atomic E-state index is 0.0439. The van der Waals surface area contributed by atoms with E-state index in [2.05, 4.69) is 28.1 Å². The molecule has 4 aromatic rings. The quantitative estimate of drug-likeness (QED) is 0.203. The van der Waals surface area contributed by atoms with Gasteiger partial charge in [-0.25, -0.2) is 23.8 Å². The topological polar surface area (TPSA) is 131 Å². The number of rotatable bonds is 7. The van der Waals surface area contributed by atoms with Gasteiger partial charge in [-0.05, 0) is 72.5 Å². The first-order chi connectivity index (χ1) is 24.5. The van der Waals surface area contributed by atoms with Gasteiger partial charge in [0.2, 0.25) is 11.8 Å². The number of carbonyl (C=O) groups excluding carboxylic acids is 1. The summed E-state index contributed by atoms with van der Waals surface area (Å²) in [4.78, 5) is 28.2. The van der Waals surface area contributed by atoms with E-state index in [0.29, 0.717) is 66.9 Å². The molecule has 2 atom stereocenters. The molecule has 0 aliphatic carbocycles. The maximum atomic E-state index is 15.4. The van der Waals surface area contributed by atoms with Crippen molar-refractivity contribution in [2.45, 2.75) is 70.7 Å². The highest BCUT2D eigenvalue weighted by Crippen LogP contribution is 2.43. The highest BCUT2D eigenvalue weighted by atomic mass is 35.5. The standard InChI is InChI=1S/C36H42ClFN8O5/c1-36(2,3)51-35(47)45-15-13-44(14-16-45)31-23-10-11-40-34(30(23)42-33(24(31)19-39)49-21-22-8-7-12-43(22)4)50-32-25-20-41-46(28-9-5-6-17-48-28)27(25)18-26(38)29(32)37/h10-11,18,20,22,28H,5-9,12-17,21H2,1-4H3/t22-,28?/m0/s1. The van der Waals surface area contributed by atoms with E-state index < -0.39 is 11.4 Å². The third kappa shape index (κ3) is 7.07. The van der Waals surface area contributed by atoms with Crippen molar-refractivity contribution in [3.8, 4) is 23.6 Å². The zero-order valence-corrected chi connectivity index (χ0v) is 30.1. The monoisotopic (exact) mass is 720 g/mol. The Balaban J connectivity index is 1.29. The number of hydrogen-bond acceptors (Lipinski definition) is 11. The lowest BCUT2D eigenvalue weighted by atomic mass is 10.1. The second-order valence-electron chi connectivity index (χ2n) is 14.3. The number of halogens is 2. The minimum atomic E-state index is -0.676. The largest absolute Gasteiger partial charge is 0.475 e. The molecule has 3 aliphatic rings. The molecule has 15 heteroatoms. The van der Waals surface area contributed by atoms with Crippen LogP contribution in [-0.2, 0) is 9.47 Å². The van der Waals surface area contributed by atoms with Crippen LogP contribution in [0.5, 0.6) is 17.5 Å². The van der Waals surface area contributed by atoms with Crippen molar-refractivity contribution in [1.82, 2.24) is 29.5 Å². The maximum Gasteiger partial charge on any atom is 0.410 e. The third-order valence-corrected chi connectivity index (χ3v) is 9.98. The molecule has 0 bridgehead atoms. The number of nitrogens with zero attached hydrogens (tertiary/aromatic N) is 8. The van der Waals surface area contributed by atoms with E-state index in [-0.39, 0.29) is 46.5 Å². The maximum absolute atomic E-state index is 15.4. The molecule has 3 saturated heterocycles. The van der Waals surface area contributed by atoms with Crippen LogP contribution in [0.3, 0.4) is 0 Å². The van der Waals surface area contributed by atoms with Crippen LogP contribution in [0.15, 0.2) is 24.5 Å². The van der Waals surface area contributed by atoms with E-state index in [1.54, 1.807) is 28.0 Å². The molecule has 7 rings (SSSR count). The number of aromatic nitrogens is 4. The van der Waals surface area contributed by atoms with E-state index >= 15 is 4.39 Å². The van der Waals surface area contributed by atoms with Gasteiger partial charge in [0.05, 0.1) is 22.8 Å². The van der Waals surface area contributed by atoms with Gasteiger partial charge in [0, 0.05) is 56.5 Å². The molecule has 0 spiro atoms. The molecule has 3 aromatic heterocycles. The molecule has 51 heavy (non-hydrogen) atoms. The smallest absolute Gasteiger partial charge is 0.410 e. The van der Waals surface area contributed by atoms with Gasteiger partial charge in [-0.3, -0.25) is 0 Å². The number of likely N-dealkylation sites (tertiary alicyclic amines) is 1. The third-order valence-electron chi connectivity index (χ3n) is 9.63. The van der Waals surface area contributed by atoms with Gasteiger partial charge in [0.15, 0.2) is 12.0 Å². The zero-order chi connectivity index (χ0) is 35.9. The number of carbonyl (C=O) groups is 1. The Morgan fingerprint density at radius 2 is 1.92 bits per heavy atom. The second-order valence-corrected chi connectivity index (χ2v) is 14.6. The fourth-order valence-corrected chi connectivity index (χ4v) is 7.18.